The van der Waals surface area contributed by atoms with Crippen molar-refractivity contribution in [3.63, 3.8) is 0 Å². The normalized spacial score (nSPS) is 27.7. The van der Waals surface area contributed by atoms with Crippen LogP contribution in [0.4, 0.5) is 0 Å². The number of rotatable bonds is 2. The van der Waals surface area contributed by atoms with Gasteiger partial charge in [0.25, 0.3) is 0 Å². The van der Waals surface area contributed by atoms with E-state index >= 15 is 0 Å². The van der Waals surface area contributed by atoms with Crippen molar-refractivity contribution in [2.24, 2.45) is 17.1 Å². The van der Waals surface area contributed by atoms with E-state index in [0.717, 1.165) is 5.56 Å². The van der Waals surface area contributed by atoms with Crippen molar-refractivity contribution >= 4 is 0 Å². The number of phenols is 1. The fourth-order valence-corrected chi connectivity index (χ4v) is 2.72. The van der Waals surface area contributed by atoms with Gasteiger partial charge in [0, 0.05) is 0 Å². The smallest absolute Gasteiger partial charge is 0.119 e. The lowest BCUT2D eigenvalue weighted by atomic mass is 10.0. The first kappa shape index (κ1) is 10.5. The Morgan fingerprint density at radius 2 is 2.07 bits per heavy atom. The van der Waals surface area contributed by atoms with Crippen LogP contribution in [0.25, 0.3) is 0 Å². The highest BCUT2D eigenvalue weighted by molar-refractivity contribution is 5.44. The maximum absolute atomic E-state index is 9.85. The molecule has 2 atom stereocenters. The molecule has 1 aliphatic carbocycles. The number of benzene rings is 1. The Hall–Kier alpha value is -1.02. The van der Waals surface area contributed by atoms with Crippen LogP contribution in [0.1, 0.15) is 30.9 Å². The second kappa shape index (κ2) is 3.24. The first-order chi connectivity index (χ1) is 6.98. The van der Waals surface area contributed by atoms with Crippen molar-refractivity contribution in [1.82, 2.24) is 0 Å². The molecule has 1 fully saturated rings. The Kier molecular flexibility index (Phi) is 2.27. The lowest BCUT2D eigenvalue weighted by molar-refractivity contribution is 0.464. The Bertz CT molecular complexity index is 384. The average Bonchev–Trinajstić information content (AvgIpc) is 2.72. The summed E-state index contributed by atoms with van der Waals surface area (Å²) in [5.41, 5.74) is 8.24. The van der Waals surface area contributed by atoms with Crippen LogP contribution in [0.2, 0.25) is 0 Å². The molecule has 1 saturated carbocycles. The van der Waals surface area contributed by atoms with Gasteiger partial charge in [-0.1, -0.05) is 31.5 Å². The molecule has 0 aromatic heterocycles. The second-order valence-corrected chi connectivity index (χ2v) is 5.20. The van der Waals surface area contributed by atoms with Crippen molar-refractivity contribution in [3.05, 3.63) is 29.3 Å². The van der Waals surface area contributed by atoms with E-state index in [1.165, 1.54) is 5.56 Å². The summed E-state index contributed by atoms with van der Waals surface area (Å²) in [5.74, 6) is 1.34. The molecule has 15 heavy (non-hydrogen) atoms. The summed E-state index contributed by atoms with van der Waals surface area (Å²) in [6.45, 7) is 7.19. The van der Waals surface area contributed by atoms with Gasteiger partial charge in [0.1, 0.15) is 5.75 Å². The molecule has 0 saturated heterocycles. The summed E-state index contributed by atoms with van der Waals surface area (Å²) in [7, 11) is 0. The molecule has 2 unspecified atom stereocenters. The van der Waals surface area contributed by atoms with Crippen LogP contribution in [-0.4, -0.2) is 11.7 Å². The van der Waals surface area contributed by atoms with Crippen molar-refractivity contribution in [2.75, 3.05) is 6.54 Å². The molecule has 0 heterocycles. The number of nitrogens with two attached hydrogens (primary N) is 1. The van der Waals surface area contributed by atoms with Gasteiger partial charge in [0.2, 0.25) is 0 Å². The van der Waals surface area contributed by atoms with Gasteiger partial charge in [0.15, 0.2) is 0 Å². The number of aromatic hydroxyl groups is 1. The Morgan fingerprint density at radius 3 is 2.60 bits per heavy atom. The van der Waals surface area contributed by atoms with Gasteiger partial charge in [-0.25, -0.2) is 0 Å². The van der Waals surface area contributed by atoms with Crippen molar-refractivity contribution < 1.29 is 5.11 Å². The summed E-state index contributed by atoms with van der Waals surface area (Å²) < 4.78 is 0. The van der Waals surface area contributed by atoms with Gasteiger partial charge in [-0.15, -0.1) is 0 Å². The van der Waals surface area contributed by atoms with Crippen molar-refractivity contribution in [3.8, 4) is 5.75 Å². The number of phenolic OH excluding ortho intramolecular Hbond substituents is 1. The average molecular weight is 205 g/mol. The molecule has 0 aliphatic heterocycles. The molecular weight excluding hydrogens is 186 g/mol. The van der Waals surface area contributed by atoms with E-state index in [0.29, 0.717) is 24.1 Å². The van der Waals surface area contributed by atoms with E-state index in [1.807, 2.05) is 6.07 Å². The van der Waals surface area contributed by atoms with Crippen LogP contribution in [0, 0.1) is 18.3 Å². The number of hydrogen-bond donors (Lipinski definition) is 2. The van der Waals surface area contributed by atoms with E-state index < -0.39 is 0 Å². The van der Waals surface area contributed by atoms with Crippen molar-refractivity contribution in [2.45, 2.75) is 26.7 Å². The van der Waals surface area contributed by atoms with Crippen LogP contribution >= 0.6 is 0 Å². The maximum atomic E-state index is 9.85. The largest absolute Gasteiger partial charge is 0.508 e. The summed E-state index contributed by atoms with van der Waals surface area (Å²) in [6, 6.07) is 5.80. The minimum atomic E-state index is 0.236. The highest BCUT2D eigenvalue weighted by Crippen LogP contribution is 2.65. The molecule has 2 rings (SSSR count). The quantitative estimate of drug-likeness (QED) is 0.778. The predicted molar refractivity (Wildman–Crippen MR) is 61.9 cm³/mol. The van der Waals surface area contributed by atoms with Gasteiger partial charge in [0.05, 0.1) is 0 Å². The van der Waals surface area contributed by atoms with Gasteiger partial charge in [-0.2, -0.15) is 0 Å². The Morgan fingerprint density at radius 1 is 1.40 bits per heavy atom. The zero-order valence-electron chi connectivity index (χ0n) is 9.62. The van der Waals surface area contributed by atoms with Crippen LogP contribution in [0.15, 0.2) is 18.2 Å². The SMILES string of the molecule is Cc1ccc(O)c(C2C(CN)C2(C)C)c1. The van der Waals surface area contributed by atoms with E-state index in [9.17, 15) is 5.11 Å². The Balaban J connectivity index is 2.36. The predicted octanol–water partition coefficient (Wildman–Crippen LogP) is 2.40. The van der Waals surface area contributed by atoms with E-state index in [2.05, 4.69) is 26.8 Å². The summed E-state index contributed by atoms with van der Waals surface area (Å²) in [6.07, 6.45) is 0. The standard InChI is InChI=1S/C13H19NO/c1-8-4-5-11(15)9(6-8)12-10(7-14)13(12,2)3/h4-6,10,12,15H,7,14H2,1-3H3. The topological polar surface area (TPSA) is 46.2 Å². The van der Waals surface area contributed by atoms with Crippen LogP contribution in [-0.2, 0) is 0 Å². The molecule has 82 valence electrons. The van der Waals surface area contributed by atoms with E-state index in [1.54, 1.807) is 6.07 Å². The monoisotopic (exact) mass is 205 g/mol. The third kappa shape index (κ3) is 1.53. The first-order valence-corrected chi connectivity index (χ1v) is 5.48. The molecule has 0 bridgehead atoms. The van der Waals surface area contributed by atoms with Crippen molar-refractivity contribution in [1.29, 1.82) is 0 Å². The fraction of sp³-hybridized carbons (Fsp3) is 0.538. The van der Waals surface area contributed by atoms with Gasteiger partial charge >= 0.3 is 0 Å². The third-order valence-corrected chi connectivity index (χ3v) is 3.82. The molecule has 0 spiro atoms. The summed E-state index contributed by atoms with van der Waals surface area (Å²) in [5, 5.41) is 9.85. The molecule has 2 heteroatoms. The van der Waals surface area contributed by atoms with Gasteiger partial charge < -0.3 is 10.8 Å². The summed E-state index contributed by atoms with van der Waals surface area (Å²) in [4.78, 5) is 0. The zero-order valence-corrected chi connectivity index (χ0v) is 9.62. The van der Waals surface area contributed by atoms with Gasteiger partial charge in [-0.05, 0) is 42.3 Å². The van der Waals surface area contributed by atoms with E-state index in [-0.39, 0.29) is 5.41 Å². The molecule has 1 aliphatic rings. The van der Waals surface area contributed by atoms with Gasteiger partial charge in [-0.3, -0.25) is 0 Å². The van der Waals surface area contributed by atoms with E-state index in [4.69, 9.17) is 5.73 Å². The zero-order chi connectivity index (χ0) is 11.2. The molecule has 0 radical (unpaired) electrons. The Labute approximate surface area is 91.1 Å². The molecule has 1 aromatic carbocycles. The highest BCUT2D eigenvalue weighted by atomic mass is 16.3. The minimum Gasteiger partial charge on any atom is -0.508 e. The first-order valence-electron chi connectivity index (χ1n) is 5.48. The lowest BCUT2D eigenvalue weighted by Crippen LogP contribution is -2.05. The minimum absolute atomic E-state index is 0.236. The second-order valence-electron chi connectivity index (χ2n) is 5.20. The third-order valence-electron chi connectivity index (χ3n) is 3.82. The molecule has 0 amide bonds. The summed E-state index contributed by atoms with van der Waals surface area (Å²) >= 11 is 0. The van der Waals surface area contributed by atoms with Crippen LogP contribution in [0.5, 0.6) is 5.75 Å². The van der Waals surface area contributed by atoms with Crippen LogP contribution in [0.3, 0.4) is 0 Å². The highest BCUT2D eigenvalue weighted by Gasteiger charge is 2.57. The fourth-order valence-electron chi connectivity index (χ4n) is 2.72. The van der Waals surface area contributed by atoms with Crippen LogP contribution < -0.4 is 5.73 Å². The maximum Gasteiger partial charge on any atom is 0.119 e. The molecule has 3 N–H and O–H groups in total. The lowest BCUT2D eigenvalue weighted by Gasteiger charge is -2.07. The molecule has 2 nitrogen and oxygen atoms in total. The molecular formula is C13H19NO. The number of aryl methyl sites for hydroxylation is 1. The number of hydrogen-bond acceptors (Lipinski definition) is 2. The molecule has 1 aromatic rings.